The molecule has 178 valence electrons. The Bertz CT molecular complexity index is 1170. The zero-order chi connectivity index (χ0) is 23.9. The number of benzene rings is 1. The third-order valence-electron chi connectivity index (χ3n) is 7.13. The molecule has 1 N–H and O–H groups in total. The van der Waals surface area contributed by atoms with Gasteiger partial charge in [0.2, 0.25) is 5.95 Å². The molecule has 0 spiro atoms. The Hall–Kier alpha value is -3.06. The maximum atomic E-state index is 10.3. The fourth-order valence-electron chi connectivity index (χ4n) is 5.36. The SMILES string of the molecule is Cc1nc(N2CCN(c3nnc(Cc4ccccc4)c4c3CCC4)C[C@H]2C)ncc1C(C)(C)O. The van der Waals surface area contributed by atoms with Gasteiger partial charge in [-0.2, -0.15) is 5.10 Å². The average Bonchev–Trinajstić information content (AvgIpc) is 3.29. The van der Waals surface area contributed by atoms with Crippen molar-refractivity contribution in [3.05, 3.63) is 70.2 Å². The van der Waals surface area contributed by atoms with Crippen LogP contribution in [0.1, 0.15) is 60.8 Å². The molecule has 1 aliphatic heterocycles. The number of aryl methyl sites for hydroxylation is 1. The van der Waals surface area contributed by atoms with Crippen LogP contribution in [0.15, 0.2) is 36.5 Å². The molecule has 1 aromatic carbocycles. The van der Waals surface area contributed by atoms with E-state index < -0.39 is 5.60 Å². The molecule has 5 rings (SSSR count). The second kappa shape index (κ2) is 8.95. The summed E-state index contributed by atoms with van der Waals surface area (Å²) >= 11 is 0. The van der Waals surface area contributed by atoms with Gasteiger partial charge in [0, 0.05) is 55.1 Å². The third kappa shape index (κ3) is 4.37. The van der Waals surface area contributed by atoms with Gasteiger partial charge in [-0.15, -0.1) is 5.10 Å². The van der Waals surface area contributed by atoms with E-state index in [-0.39, 0.29) is 6.04 Å². The molecular formula is C27H34N6O. The number of nitrogens with zero attached hydrogens (tertiary/aromatic N) is 6. The second-order valence-electron chi connectivity index (χ2n) is 10.2. The highest BCUT2D eigenvalue weighted by Gasteiger charge is 2.31. The van der Waals surface area contributed by atoms with Gasteiger partial charge in [0.15, 0.2) is 5.82 Å². The first-order valence-corrected chi connectivity index (χ1v) is 12.3. The quantitative estimate of drug-likeness (QED) is 0.626. The van der Waals surface area contributed by atoms with Crippen molar-refractivity contribution in [1.82, 2.24) is 20.2 Å². The molecule has 1 saturated heterocycles. The van der Waals surface area contributed by atoms with E-state index in [0.29, 0.717) is 0 Å². The predicted octanol–water partition coefficient (Wildman–Crippen LogP) is 3.60. The average molecular weight is 459 g/mol. The van der Waals surface area contributed by atoms with Crippen molar-refractivity contribution in [2.75, 3.05) is 29.4 Å². The van der Waals surface area contributed by atoms with Crippen LogP contribution in [0, 0.1) is 6.92 Å². The van der Waals surface area contributed by atoms with Crippen LogP contribution in [-0.4, -0.2) is 50.9 Å². The molecule has 0 bridgehead atoms. The Labute approximate surface area is 201 Å². The summed E-state index contributed by atoms with van der Waals surface area (Å²) < 4.78 is 0. The third-order valence-corrected chi connectivity index (χ3v) is 7.13. The second-order valence-corrected chi connectivity index (χ2v) is 10.2. The van der Waals surface area contributed by atoms with Gasteiger partial charge in [0.05, 0.1) is 11.3 Å². The van der Waals surface area contributed by atoms with Crippen molar-refractivity contribution in [3.8, 4) is 0 Å². The van der Waals surface area contributed by atoms with E-state index in [4.69, 9.17) is 15.2 Å². The molecule has 3 heterocycles. The van der Waals surface area contributed by atoms with E-state index in [1.54, 1.807) is 20.0 Å². The van der Waals surface area contributed by atoms with Crippen molar-refractivity contribution >= 4 is 11.8 Å². The molecule has 7 heteroatoms. The largest absolute Gasteiger partial charge is 0.386 e. The minimum Gasteiger partial charge on any atom is -0.386 e. The maximum absolute atomic E-state index is 10.3. The van der Waals surface area contributed by atoms with Crippen molar-refractivity contribution in [1.29, 1.82) is 0 Å². The first-order valence-electron chi connectivity index (χ1n) is 12.3. The van der Waals surface area contributed by atoms with Gasteiger partial charge < -0.3 is 14.9 Å². The summed E-state index contributed by atoms with van der Waals surface area (Å²) in [6.07, 6.45) is 5.96. The zero-order valence-corrected chi connectivity index (χ0v) is 20.6. The lowest BCUT2D eigenvalue weighted by Crippen LogP contribution is -2.53. The van der Waals surface area contributed by atoms with E-state index in [2.05, 4.69) is 52.0 Å². The van der Waals surface area contributed by atoms with E-state index in [9.17, 15) is 5.11 Å². The molecule has 0 radical (unpaired) electrons. The maximum Gasteiger partial charge on any atom is 0.225 e. The van der Waals surface area contributed by atoms with Crippen LogP contribution in [0.3, 0.4) is 0 Å². The lowest BCUT2D eigenvalue weighted by Gasteiger charge is -2.41. The van der Waals surface area contributed by atoms with Gasteiger partial charge in [-0.25, -0.2) is 9.97 Å². The molecule has 0 saturated carbocycles. The number of fused-ring (bicyclic) bond motifs is 1. The number of anilines is 2. The first kappa shape index (κ1) is 22.7. The molecule has 3 aromatic rings. The van der Waals surface area contributed by atoms with Crippen LogP contribution in [0.2, 0.25) is 0 Å². The Morgan fingerprint density at radius 3 is 2.53 bits per heavy atom. The number of rotatable bonds is 5. The number of aromatic nitrogens is 4. The van der Waals surface area contributed by atoms with Crippen LogP contribution in [0.4, 0.5) is 11.8 Å². The molecule has 1 atom stereocenters. The predicted molar refractivity (Wildman–Crippen MR) is 134 cm³/mol. The molecule has 0 unspecified atom stereocenters. The van der Waals surface area contributed by atoms with Crippen LogP contribution in [-0.2, 0) is 24.9 Å². The molecule has 0 amide bonds. The van der Waals surface area contributed by atoms with Gasteiger partial charge in [0.25, 0.3) is 0 Å². The molecule has 2 aliphatic rings. The summed E-state index contributed by atoms with van der Waals surface area (Å²) in [5.41, 5.74) is 5.86. The molecule has 34 heavy (non-hydrogen) atoms. The minimum atomic E-state index is -0.946. The van der Waals surface area contributed by atoms with E-state index in [1.807, 2.05) is 6.92 Å². The van der Waals surface area contributed by atoms with Crippen LogP contribution in [0.25, 0.3) is 0 Å². The highest BCUT2D eigenvalue weighted by atomic mass is 16.3. The van der Waals surface area contributed by atoms with E-state index in [0.717, 1.165) is 67.6 Å². The van der Waals surface area contributed by atoms with Crippen molar-refractivity contribution in [2.45, 2.75) is 65.0 Å². The first-order chi connectivity index (χ1) is 16.3. The van der Waals surface area contributed by atoms with E-state index in [1.165, 1.54) is 23.1 Å². The van der Waals surface area contributed by atoms with Gasteiger partial charge in [-0.3, -0.25) is 0 Å². The number of hydrogen-bond acceptors (Lipinski definition) is 7. The zero-order valence-electron chi connectivity index (χ0n) is 20.6. The molecular weight excluding hydrogens is 424 g/mol. The number of aliphatic hydroxyl groups is 1. The van der Waals surface area contributed by atoms with E-state index >= 15 is 0 Å². The lowest BCUT2D eigenvalue weighted by atomic mass is 9.99. The Morgan fingerprint density at radius 1 is 1.06 bits per heavy atom. The highest BCUT2D eigenvalue weighted by Crippen LogP contribution is 2.33. The standard InChI is InChI=1S/C27H34N6O/c1-18-17-32(13-14-33(18)26-28-16-23(19(2)29-26)27(3,4)34)25-22-12-8-11-21(22)24(30-31-25)15-20-9-6-5-7-10-20/h5-7,9-10,16,18,34H,8,11-15,17H2,1-4H3/t18-/m1/s1. The minimum absolute atomic E-state index is 0.240. The van der Waals surface area contributed by atoms with Gasteiger partial charge in [0.1, 0.15) is 0 Å². The summed E-state index contributed by atoms with van der Waals surface area (Å²) in [5.74, 6) is 1.79. The van der Waals surface area contributed by atoms with Crippen LogP contribution in [0.5, 0.6) is 0 Å². The summed E-state index contributed by atoms with van der Waals surface area (Å²) in [6, 6.07) is 10.8. The Morgan fingerprint density at radius 2 is 1.82 bits per heavy atom. The van der Waals surface area contributed by atoms with Gasteiger partial charge in [-0.1, -0.05) is 30.3 Å². The molecule has 1 fully saturated rings. The fraction of sp³-hybridized carbons (Fsp3) is 0.481. The van der Waals surface area contributed by atoms with Gasteiger partial charge >= 0.3 is 0 Å². The number of hydrogen-bond donors (Lipinski definition) is 1. The lowest BCUT2D eigenvalue weighted by molar-refractivity contribution is 0.0771. The Balaban J connectivity index is 1.34. The highest BCUT2D eigenvalue weighted by molar-refractivity contribution is 5.55. The van der Waals surface area contributed by atoms with Crippen LogP contribution < -0.4 is 9.80 Å². The smallest absolute Gasteiger partial charge is 0.225 e. The van der Waals surface area contributed by atoms with Gasteiger partial charge in [-0.05, 0) is 58.1 Å². The van der Waals surface area contributed by atoms with Crippen LogP contribution >= 0.6 is 0 Å². The Kier molecular flexibility index (Phi) is 5.98. The van der Waals surface area contributed by atoms with Crippen molar-refractivity contribution in [3.63, 3.8) is 0 Å². The normalized spacial score (nSPS) is 18.3. The molecule has 1 aliphatic carbocycles. The molecule has 2 aromatic heterocycles. The van der Waals surface area contributed by atoms with Crippen molar-refractivity contribution < 1.29 is 5.11 Å². The monoisotopic (exact) mass is 458 g/mol. The number of piperazine rings is 1. The van der Waals surface area contributed by atoms with Crippen molar-refractivity contribution in [2.24, 2.45) is 0 Å². The summed E-state index contributed by atoms with van der Waals surface area (Å²) in [6.45, 7) is 10.2. The summed E-state index contributed by atoms with van der Waals surface area (Å²) in [5, 5.41) is 19.8. The molecule has 7 nitrogen and oxygen atoms in total. The summed E-state index contributed by atoms with van der Waals surface area (Å²) in [7, 11) is 0. The summed E-state index contributed by atoms with van der Waals surface area (Å²) in [4.78, 5) is 14.0. The topological polar surface area (TPSA) is 78.3 Å². The fourth-order valence-corrected chi connectivity index (χ4v) is 5.36.